The monoisotopic (exact) mass is 413 g/mol. The Morgan fingerprint density at radius 1 is 1.34 bits per heavy atom. The van der Waals surface area contributed by atoms with E-state index in [1.807, 2.05) is 0 Å². The fourth-order valence-corrected chi connectivity index (χ4v) is 3.74. The summed E-state index contributed by atoms with van der Waals surface area (Å²) in [6, 6.07) is 4.31. The van der Waals surface area contributed by atoms with Gasteiger partial charge in [-0.25, -0.2) is 13.6 Å². The fraction of sp³-hybridized carbons (Fsp3) is 0.579. The van der Waals surface area contributed by atoms with Crippen LogP contribution in [0.1, 0.15) is 19.3 Å². The number of methoxy groups -OCH3 is 2. The standard InChI is InChI=1S/C19H25F2N3O5/c1-27-19(28-2)7-8-23(11-16(19)21)15-5-3-12(9-14(15)20)24-10-13(29-18(24)26)4-6-17(22)25/h3,5,9,13,16H,4,6-8,10-11H2,1-2H3,(H2,22,25)/t13-,16?/m0/s1. The largest absolute Gasteiger partial charge is 0.444 e. The van der Waals surface area contributed by atoms with Gasteiger partial charge in [0.05, 0.1) is 24.5 Å². The number of benzene rings is 1. The number of rotatable bonds is 7. The van der Waals surface area contributed by atoms with Crippen molar-refractivity contribution in [1.29, 1.82) is 0 Å². The van der Waals surface area contributed by atoms with Gasteiger partial charge < -0.3 is 24.8 Å². The Labute approximate surface area is 167 Å². The van der Waals surface area contributed by atoms with Crippen LogP contribution < -0.4 is 15.5 Å². The van der Waals surface area contributed by atoms with E-state index in [9.17, 15) is 18.4 Å². The van der Waals surface area contributed by atoms with Crippen molar-refractivity contribution in [2.75, 3.05) is 43.7 Å². The molecule has 0 aliphatic carbocycles. The van der Waals surface area contributed by atoms with Crippen LogP contribution in [0.2, 0.25) is 0 Å². The van der Waals surface area contributed by atoms with Crippen molar-refractivity contribution in [2.45, 2.75) is 37.3 Å². The van der Waals surface area contributed by atoms with Crippen LogP contribution in [0.4, 0.5) is 25.0 Å². The summed E-state index contributed by atoms with van der Waals surface area (Å²) in [5, 5.41) is 0. The maximum Gasteiger partial charge on any atom is 0.414 e. The molecule has 3 rings (SSSR count). The zero-order valence-electron chi connectivity index (χ0n) is 16.4. The highest BCUT2D eigenvalue weighted by molar-refractivity contribution is 5.90. The SMILES string of the molecule is COC1(OC)CCN(c2ccc(N3C[C@H](CCC(N)=O)OC3=O)cc2F)CC1F. The van der Waals surface area contributed by atoms with Crippen LogP contribution in [0.5, 0.6) is 0 Å². The first-order chi connectivity index (χ1) is 13.8. The molecule has 8 nitrogen and oxygen atoms in total. The van der Waals surface area contributed by atoms with Gasteiger partial charge >= 0.3 is 6.09 Å². The van der Waals surface area contributed by atoms with Gasteiger partial charge in [0.2, 0.25) is 11.7 Å². The Morgan fingerprint density at radius 2 is 2.07 bits per heavy atom. The highest BCUT2D eigenvalue weighted by atomic mass is 19.1. The van der Waals surface area contributed by atoms with Gasteiger partial charge in [0.15, 0.2) is 6.17 Å². The van der Waals surface area contributed by atoms with Crippen molar-refractivity contribution in [3.8, 4) is 0 Å². The molecule has 0 saturated carbocycles. The Balaban J connectivity index is 1.70. The molecule has 1 aromatic carbocycles. The molecule has 0 bridgehead atoms. The van der Waals surface area contributed by atoms with Gasteiger partial charge in [0, 0.05) is 33.6 Å². The number of nitrogens with two attached hydrogens (primary N) is 1. The summed E-state index contributed by atoms with van der Waals surface area (Å²) in [6.45, 7) is 0.462. The van der Waals surface area contributed by atoms with E-state index in [4.69, 9.17) is 19.9 Å². The molecule has 2 amide bonds. The lowest BCUT2D eigenvalue weighted by Crippen LogP contribution is -2.56. The van der Waals surface area contributed by atoms with Crippen molar-refractivity contribution >= 4 is 23.4 Å². The van der Waals surface area contributed by atoms with E-state index in [0.29, 0.717) is 18.7 Å². The summed E-state index contributed by atoms with van der Waals surface area (Å²) < 4.78 is 45.0. The molecule has 10 heteroatoms. The van der Waals surface area contributed by atoms with E-state index in [1.165, 1.54) is 31.3 Å². The van der Waals surface area contributed by atoms with Crippen molar-refractivity contribution in [1.82, 2.24) is 0 Å². The Kier molecular flexibility index (Phi) is 6.23. The first-order valence-corrected chi connectivity index (χ1v) is 9.35. The molecule has 2 aliphatic heterocycles. The van der Waals surface area contributed by atoms with Gasteiger partial charge in [-0.05, 0) is 24.6 Å². The zero-order chi connectivity index (χ0) is 21.2. The van der Waals surface area contributed by atoms with Gasteiger partial charge in [-0.15, -0.1) is 0 Å². The zero-order valence-corrected chi connectivity index (χ0v) is 16.4. The summed E-state index contributed by atoms with van der Waals surface area (Å²) in [5.41, 5.74) is 5.67. The highest BCUT2D eigenvalue weighted by Crippen LogP contribution is 2.34. The number of halogens is 2. The van der Waals surface area contributed by atoms with Crippen LogP contribution in [-0.4, -0.2) is 63.9 Å². The predicted octanol–water partition coefficient (Wildman–Crippen LogP) is 1.95. The maximum absolute atomic E-state index is 14.8. The average Bonchev–Trinajstić information content (AvgIpc) is 3.07. The minimum absolute atomic E-state index is 0.0844. The fourth-order valence-electron chi connectivity index (χ4n) is 3.74. The second-order valence-corrected chi connectivity index (χ2v) is 7.14. The first kappa shape index (κ1) is 21.3. The third-order valence-corrected chi connectivity index (χ3v) is 5.45. The molecule has 29 heavy (non-hydrogen) atoms. The molecule has 2 aliphatic rings. The van der Waals surface area contributed by atoms with Crippen LogP contribution in [0.25, 0.3) is 0 Å². The summed E-state index contributed by atoms with van der Waals surface area (Å²) in [5.74, 6) is -2.38. The van der Waals surface area contributed by atoms with Gasteiger partial charge in [0.1, 0.15) is 11.9 Å². The summed E-state index contributed by atoms with van der Waals surface area (Å²) in [7, 11) is 2.76. The molecule has 0 aromatic heterocycles. The molecule has 1 unspecified atom stereocenters. The molecule has 1 aromatic rings. The van der Waals surface area contributed by atoms with Gasteiger partial charge in [-0.2, -0.15) is 0 Å². The van der Waals surface area contributed by atoms with Crippen LogP contribution in [0.3, 0.4) is 0 Å². The van der Waals surface area contributed by atoms with Gasteiger partial charge in [-0.1, -0.05) is 0 Å². The Morgan fingerprint density at radius 3 is 2.66 bits per heavy atom. The van der Waals surface area contributed by atoms with Crippen LogP contribution in [-0.2, 0) is 19.0 Å². The molecule has 2 saturated heterocycles. The van der Waals surface area contributed by atoms with E-state index < -0.39 is 35.9 Å². The van der Waals surface area contributed by atoms with Crippen LogP contribution in [0.15, 0.2) is 18.2 Å². The van der Waals surface area contributed by atoms with E-state index in [2.05, 4.69) is 0 Å². The van der Waals surface area contributed by atoms with E-state index in [1.54, 1.807) is 11.0 Å². The van der Waals surface area contributed by atoms with Gasteiger partial charge in [0.25, 0.3) is 0 Å². The molecule has 0 spiro atoms. The van der Waals surface area contributed by atoms with Crippen LogP contribution in [0, 0.1) is 5.82 Å². The maximum atomic E-state index is 14.8. The summed E-state index contributed by atoms with van der Waals surface area (Å²) in [6.07, 6.45) is -1.90. The van der Waals surface area contributed by atoms with Crippen molar-refractivity contribution < 1.29 is 32.6 Å². The number of carbonyl (C=O) groups is 2. The summed E-state index contributed by atoms with van der Waals surface area (Å²) >= 11 is 0. The smallest absolute Gasteiger partial charge is 0.414 e. The third-order valence-electron chi connectivity index (χ3n) is 5.45. The third kappa shape index (κ3) is 4.27. The summed E-state index contributed by atoms with van der Waals surface area (Å²) in [4.78, 5) is 25.9. The number of amides is 2. The topological polar surface area (TPSA) is 94.3 Å². The predicted molar refractivity (Wildman–Crippen MR) is 101 cm³/mol. The number of ether oxygens (including phenoxy) is 3. The van der Waals surface area contributed by atoms with Crippen molar-refractivity contribution in [2.24, 2.45) is 5.73 Å². The second-order valence-electron chi connectivity index (χ2n) is 7.14. The number of piperidine rings is 1. The Hall–Kier alpha value is -2.46. The highest BCUT2D eigenvalue weighted by Gasteiger charge is 2.45. The van der Waals surface area contributed by atoms with E-state index >= 15 is 0 Å². The lowest BCUT2D eigenvalue weighted by atomic mass is 10.0. The molecule has 0 radical (unpaired) electrons. The van der Waals surface area contributed by atoms with Crippen molar-refractivity contribution in [3.05, 3.63) is 24.0 Å². The minimum atomic E-state index is -1.45. The quantitative estimate of drug-likeness (QED) is 0.687. The number of nitrogens with zero attached hydrogens (tertiary/aromatic N) is 2. The molecular weight excluding hydrogens is 388 g/mol. The Bertz CT molecular complexity index is 774. The number of hydrogen-bond acceptors (Lipinski definition) is 6. The number of alkyl halides is 1. The first-order valence-electron chi connectivity index (χ1n) is 9.35. The molecule has 2 N–H and O–H groups in total. The average molecular weight is 413 g/mol. The second kappa shape index (κ2) is 8.50. The molecule has 2 heterocycles. The van der Waals surface area contributed by atoms with Crippen molar-refractivity contribution in [3.63, 3.8) is 0 Å². The molecule has 2 atom stereocenters. The molecular formula is C19H25F2N3O5. The van der Waals surface area contributed by atoms with E-state index in [-0.39, 0.29) is 31.6 Å². The number of cyclic esters (lactones) is 1. The lowest BCUT2D eigenvalue weighted by Gasteiger charge is -2.43. The lowest BCUT2D eigenvalue weighted by molar-refractivity contribution is -0.249. The number of primary amides is 1. The number of anilines is 2. The molecule has 160 valence electrons. The minimum Gasteiger partial charge on any atom is -0.444 e. The normalized spacial score (nSPS) is 23.9. The number of carbonyl (C=O) groups excluding carboxylic acids is 2. The molecule has 2 fully saturated rings. The van der Waals surface area contributed by atoms with E-state index in [0.717, 1.165) is 0 Å². The van der Waals surface area contributed by atoms with Gasteiger partial charge in [-0.3, -0.25) is 9.69 Å². The number of hydrogen-bond donors (Lipinski definition) is 1. The van der Waals surface area contributed by atoms with Crippen LogP contribution >= 0.6 is 0 Å².